The van der Waals surface area contributed by atoms with Gasteiger partial charge in [0.25, 0.3) is 0 Å². The number of carbonyl (C=O) groups excluding carboxylic acids is 1. The maximum Gasteiger partial charge on any atom is 0.249 e. The van der Waals surface area contributed by atoms with Crippen LogP contribution in [0.5, 0.6) is 0 Å². The van der Waals surface area contributed by atoms with Gasteiger partial charge in [-0.1, -0.05) is 6.07 Å². The van der Waals surface area contributed by atoms with Gasteiger partial charge in [-0.2, -0.15) is 0 Å². The zero-order chi connectivity index (χ0) is 12.6. The van der Waals surface area contributed by atoms with Crippen molar-refractivity contribution in [2.75, 3.05) is 0 Å². The highest BCUT2D eigenvalue weighted by Gasteiger charge is 2.23. The Morgan fingerprint density at radius 2 is 2.18 bits per heavy atom. The molecule has 1 amide bonds. The molecular weight excluding hydrogens is 222 g/mol. The minimum atomic E-state index is -1.61. The standard InChI is InChI=1S/C11H13N3O3/c1-5-13-7-3-2-6(4-8(7)14-5)9(15)10(16)11(12)17/h2-4,9-10,15-16H,1H3,(H2,12,17)(H,13,14). The van der Waals surface area contributed by atoms with Gasteiger partial charge in [0.1, 0.15) is 11.9 Å². The normalized spacial score (nSPS) is 14.8. The lowest BCUT2D eigenvalue weighted by atomic mass is 10.0. The summed E-state index contributed by atoms with van der Waals surface area (Å²) in [5, 5.41) is 19.1. The number of amides is 1. The predicted octanol–water partition coefficient (Wildman–Crippen LogP) is -0.249. The molecule has 0 fully saturated rings. The Morgan fingerprint density at radius 3 is 2.82 bits per heavy atom. The summed E-state index contributed by atoms with van der Waals surface area (Å²) in [6, 6.07) is 4.93. The second-order valence-electron chi connectivity index (χ2n) is 3.89. The molecule has 0 aliphatic carbocycles. The molecule has 6 nitrogen and oxygen atoms in total. The zero-order valence-corrected chi connectivity index (χ0v) is 9.21. The molecule has 2 aromatic rings. The van der Waals surface area contributed by atoms with E-state index in [-0.39, 0.29) is 0 Å². The molecule has 6 heteroatoms. The largest absolute Gasteiger partial charge is 0.385 e. The van der Waals surface area contributed by atoms with E-state index in [4.69, 9.17) is 5.73 Å². The number of nitrogens with two attached hydrogens (primary N) is 1. The summed E-state index contributed by atoms with van der Waals surface area (Å²) in [4.78, 5) is 18.0. The van der Waals surface area contributed by atoms with Crippen LogP contribution in [-0.2, 0) is 4.79 Å². The number of imidazole rings is 1. The number of fused-ring (bicyclic) bond motifs is 1. The number of aryl methyl sites for hydroxylation is 1. The van der Waals surface area contributed by atoms with Crippen LogP contribution < -0.4 is 5.73 Å². The van der Waals surface area contributed by atoms with Crippen molar-refractivity contribution >= 4 is 16.9 Å². The lowest BCUT2D eigenvalue weighted by Crippen LogP contribution is -2.33. The van der Waals surface area contributed by atoms with Gasteiger partial charge >= 0.3 is 0 Å². The highest BCUT2D eigenvalue weighted by atomic mass is 16.3. The van der Waals surface area contributed by atoms with Crippen molar-refractivity contribution < 1.29 is 15.0 Å². The lowest BCUT2D eigenvalue weighted by Gasteiger charge is -2.14. The van der Waals surface area contributed by atoms with Crippen LogP contribution in [0.1, 0.15) is 17.5 Å². The van der Waals surface area contributed by atoms with Gasteiger partial charge < -0.3 is 20.9 Å². The number of nitrogens with one attached hydrogen (secondary N) is 1. The van der Waals surface area contributed by atoms with Crippen LogP contribution in [0.25, 0.3) is 11.0 Å². The van der Waals surface area contributed by atoms with Crippen molar-refractivity contribution in [1.82, 2.24) is 9.97 Å². The monoisotopic (exact) mass is 235 g/mol. The number of aromatic amines is 1. The first-order valence-electron chi connectivity index (χ1n) is 5.11. The van der Waals surface area contributed by atoms with E-state index in [0.717, 1.165) is 16.9 Å². The quantitative estimate of drug-likeness (QED) is 0.587. The first kappa shape index (κ1) is 11.6. The van der Waals surface area contributed by atoms with Crippen molar-refractivity contribution in [1.29, 1.82) is 0 Å². The fraction of sp³-hybridized carbons (Fsp3) is 0.273. The van der Waals surface area contributed by atoms with E-state index in [1.807, 2.05) is 6.92 Å². The molecule has 2 atom stereocenters. The van der Waals surface area contributed by atoms with Crippen LogP contribution >= 0.6 is 0 Å². The van der Waals surface area contributed by atoms with E-state index in [1.54, 1.807) is 18.2 Å². The van der Waals surface area contributed by atoms with Gasteiger partial charge in [-0.25, -0.2) is 4.98 Å². The molecule has 2 rings (SSSR count). The number of nitrogens with zero attached hydrogens (tertiary/aromatic N) is 1. The van der Waals surface area contributed by atoms with Crippen molar-refractivity contribution in [3.8, 4) is 0 Å². The minimum Gasteiger partial charge on any atom is -0.385 e. The molecular formula is C11H13N3O3. The molecule has 0 spiro atoms. The molecule has 17 heavy (non-hydrogen) atoms. The second kappa shape index (κ2) is 4.15. The summed E-state index contributed by atoms with van der Waals surface area (Å²) < 4.78 is 0. The van der Waals surface area contributed by atoms with Crippen molar-refractivity contribution in [2.45, 2.75) is 19.1 Å². The van der Waals surface area contributed by atoms with Crippen LogP contribution in [0.3, 0.4) is 0 Å². The van der Waals surface area contributed by atoms with Crippen molar-refractivity contribution in [3.63, 3.8) is 0 Å². The summed E-state index contributed by atoms with van der Waals surface area (Å²) in [5.74, 6) is -0.208. The molecule has 0 saturated heterocycles. The van der Waals surface area contributed by atoms with Crippen LogP contribution in [0.2, 0.25) is 0 Å². The summed E-state index contributed by atoms with van der Waals surface area (Å²) in [7, 11) is 0. The molecule has 0 radical (unpaired) electrons. The summed E-state index contributed by atoms with van der Waals surface area (Å²) in [5.41, 5.74) is 6.82. The average molecular weight is 235 g/mol. The molecule has 0 bridgehead atoms. The number of aliphatic hydroxyl groups is 2. The van der Waals surface area contributed by atoms with E-state index in [2.05, 4.69) is 9.97 Å². The third-order valence-corrected chi connectivity index (χ3v) is 2.56. The Kier molecular flexibility index (Phi) is 2.83. The number of rotatable bonds is 3. The number of hydrogen-bond donors (Lipinski definition) is 4. The molecule has 0 aliphatic heterocycles. The second-order valence-corrected chi connectivity index (χ2v) is 3.89. The number of aromatic nitrogens is 2. The fourth-order valence-electron chi connectivity index (χ4n) is 1.68. The first-order valence-corrected chi connectivity index (χ1v) is 5.11. The molecule has 5 N–H and O–H groups in total. The summed E-state index contributed by atoms with van der Waals surface area (Å²) in [6.07, 6.45) is -2.95. The third-order valence-electron chi connectivity index (χ3n) is 2.56. The zero-order valence-electron chi connectivity index (χ0n) is 9.21. The van der Waals surface area contributed by atoms with Gasteiger partial charge in [0, 0.05) is 0 Å². The molecule has 1 aromatic carbocycles. The third kappa shape index (κ3) is 2.13. The summed E-state index contributed by atoms with van der Waals surface area (Å²) in [6.45, 7) is 1.81. The molecule has 90 valence electrons. The van der Waals surface area contributed by atoms with Crippen LogP contribution in [0.4, 0.5) is 0 Å². The van der Waals surface area contributed by atoms with Gasteiger partial charge in [0.15, 0.2) is 6.10 Å². The fourth-order valence-corrected chi connectivity index (χ4v) is 1.68. The number of hydrogen-bond acceptors (Lipinski definition) is 4. The Bertz CT molecular complexity index is 564. The van der Waals surface area contributed by atoms with Crippen LogP contribution in [0, 0.1) is 6.92 Å². The van der Waals surface area contributed by atoms with Gasteiger partial charge in [-0.05, 0) is 24.6 Å². The van der Waals surface area contributed by atoms with Crippen LogP contribution in [-0.4, -0.2) is 32.2 Å². The maximum absolute atomic E-state index is 10.8. The Hall–Kier alpha value is -1.92. The SMILES string of the molecule is Cc1nc2ccc(C(O)C(O)C(N)=O)cc2[nH]1. The van der Waals surface area contributed by atoms with Crippen molar-refractivity contribution in [2.24, 2.45) is 5.73 Å². The number of aliphatic hydroxyl groups excluding tert-OH is 2. The number of carbonyl (C=O) groups is 1. The molecule has 1 aromatic heterocycles. The molecule has 1 heterocycles. The van der Waals surface area contributed by atoms with Gasteiger partial charge in [-0.15, -0.1) is 0 Å². The molecule has 0 saturated carbocycles. The van der Waals surface area contributed by atoms with Crippen molar-refractivity contribution in [3.05, 3.63) is 29.6 Å². The maximum atomic E-state index is 10.8. The number of benzene rings is 1. The number of primary amides is 1. The molecule has 0 aliphatic rings. The van der Waals surface area contributed by atoms with Gasteiger partial charge in [0.05, 0.1) is 11.0 Å². The van der Waals surface area contributed by atoms with E-state index in [1.165, 1.54) is 0 Å². The van der Waals surface area contributed by atoms with E-state index < -0.39 is 18.1 Å². The van der Waals surface area contributed by atoms with Gasteiger partial charge in [-0.3, -0.25) is 4.79 Å². The van der Waals surface area contributed by atoms with Crippen LogP contribution in [0.15, 0.2) is 18.2 Å². The van der Waals surface area contributed by atoms with E-state index in [9.17, 15) is 15.0 Å². The lowest BCUT2D eigenvalue weighted by molar-refractivity contribution is -0.131. The average Bonchev–Trinajstić information content (AvgIpc) is 2.65. The first-order chi connectivity index (χ1) is 7.99. The highest BCUT2D eigenvalue weighted by molar-refractivity contribution is 5.80. The Balaban J connectivity index is 2.38. The molecule has 2 unspecified atom stereocenters. The highest BCUT2D eigenvalue weighted by Crippen LogP contribution is 2.21. The topological polar surface area (TPSA) is 112 Å². The minimum absolute atomic E-state index is 0.410. The van der Waals surface area contributed by atoms with Gasteiger partial charge in [0.2, 0.25) is 5.91 Å². The smallest absolute Gasteiger partial charge is 0.249 e. The number of H-pyrrole nitrogens is 1. The van der Waals surface area contributed by atoms with E-state index >= 15 is 0 Å². The predicted molar refractivity (Wildman–Crippen MR) is 61.0 cm³/mol. The Morgan fingerprint density at radius 1 is 1.47 bits per heavy atom. The Labute approximate surface area is 97.1 Å². The summed E-state index contributed by atoms with van der Waals surface area (Å²) >= 11 is 0. The van der Waals surface area contributed by atoms with E-state index in [0.29, 0.717) is 5.56 Å².